The van der Waals surface area contributed by atoms with Crippen LogP contribution in [-0.4, -0.2) is 56.0 Å². The van der Waals surface area contributed by atoms with E-state index in [2.05, 4.69) is 19.1 Å². The van der Waals surface area contributed by atoms with Crippen molar-refractivity contribution in [3.8, 4) is 0 Å². The van der Waals surface area contributed by atoms with E-state index in [4.69, 9.17) is 33.2 Å². The summed E-state index contributed by atoms with van der Waals surface area (Å²) < 4.78 is 46.7. The molecule has 0 aromatic heterocycles. The minimum Gasteiger partial charge on any atom is -0.457 e. The molecule has 1 heterocycles. The Bertz CT molecular complexity index is 1640. The van der Waals surface area contributed by atoms with Crippen LogP contribution in [0.15, 0.2) is 121 Å². The highest BCUT2D eigenvalue weighted by Gasteiger charge is 2.58. The Morgan fingerprint density at radius 2 is 1.16 bits per heavy atom. The van der Waals surface area contributed by atoms with Crippen LogP contribution in [0.1, 0.15) is 100 Å². The minimum atomic E-state index is -1.32. The third-order valence-corrected chi connectivity index (χ3v) is 10.6. The van der Waals surface area contributed by atoms with Crippen molar-refractivity contribution in [2.45, 2.75) is 141 Å². The first kappa shape index (κ1) is 44.2. The number of hydrogen-bond donors (Lipinski definition) is 0. The molecule has 4 aromatic rings. The molecule has 0 radical (unpaired) electrons. The number of esters is 1. The summed E-state index contributed by atoms with van der Waals surface area (Å²) in [5, 5.41) is 0. The van der Waals surface area contributed by atoms with E-state index >= 15 is 0 Å². The van der Waals surface area contributed by atoms with Crippen molar-refractivity contribution in [3.05, 3.63) is 144 Å². The highest BCUT2D eigenvalue weighted by molar-refractivity contribution is 5.66. The highest BCUT2D eigenvalue weighted by Crippen LogP contribution is 2.42. The quantitative estimate of drug-likeness (QED) is 0.0460. The van der Waals surface area contributed by atoms with Gasteiger partial charge in [-0.25, -0.2) is 0 Å². The predicted octanol–water partition coefficient (Wildman–Crippen LogP) is 10.6. The zero-order chi connectivity index (χ0) is 40.0. The normalized spacial score (nSPS) is 21.2. The third kappa shape index (κ3) is 14.8. The number of hydrogen-bond acceptors (Lipinski definition) is 8. The van der Waals surface area contributed by atoms with Gasteiger partial charge in [0.2, 0.25) is 0 Å². The van der Waals surface area contributed by atoms with E-state index in [-0.39, 0.29) is 19.3 Å². The van der Waals surface area contributed by atoms with Crippen LogP contribution >= 0.6 is 0 Å². The van der Waals surface area contributed by atoms with Gasteiger partial charge in [-0.2, -0.15) is 0 Å². The van der Waals surface area contributed by atoms with Crippen molar-refractivity contribution in [1.29, 1.82) is 0 Å². The van der Waals surface area contributed by atoms with E-state index in [0.29, 0.717) is 32.7 Å². The fourth-order valence-electron chi connectivity index (χ4n) is 7.57. The number of carbonyl (C=O) groups excluding carboxylic acids is 1. The number of rotatable bonds is 26. The Morgan fingerprint density at radius 3 is 1.70 bits per heavy atom. The van der Waals surface area contributed by atoms with Crippen molar-refractivity contribution in [1.82, 2.24) is 0 Å². The summed E-state index contributed by atoms with van der Waals surface area (Å²) in [6.45, 7) is 5.49. The lowest BCUT2D eigenvalue weighted by molar-refractivity contribution is -0.377. The lowest BCUT2D eigenvalue weighted by Crippen LogP contribution is -2.68. The van der Waals surface area contributed by atoms with Crippen LogP contribution in [0.3, 0.4) is 0 Å². The Labute approximate surface area is 341 Å². The zero-order valence-corrected chi connectivity index (χ0v) is 34.3. The third-order valence-electron chi connectivity index (χ3n) is 10.6. The highest BCUT2D eigenvalue weighted by atomic mass is 16.7. The second kappa shape index (κ2) is 24.8. The summed E-state index contributed by atoms with van der Waals surface area (Å²) in [4.78, 5) is 12.9. The van der Waals surface area contributed by atoms with E-state index in [1.165, 1.54) is 39.0 Å². The molecule has 1 aliphatic rings. The molecule has 0 amide bonds. The largest absolute Gasteiger partial charge is 0.457 e. The number of unbranched alkanes of at least 4 members (excludes halogenated alkanes) is 6. The summed E-state index contributed by atoms with van der Waals surface area (Å²) in [5.74, 6) is -1.75. The van der Waals surface area contributed by atoms with Crippen molar-refractivity contribution in [2.75, 3.05) is 13.7 Å². The fourth-order valence-corrected chi connectivity index (χ4v) is 7.57. The van der Waals surface area contributed by atoms with Gasteiger partial charge in [-0.15, -0.1) is 0 Å². The number of methoxy groups -OCH3 is 1. The Kier molecular flexibility index (Phi) is 19.2. The molecular weight excluding hydrogens is 717 g/mol. The molecule has 308 valence electrons. The van der Waals surface area contributed by atoms with Crippen LogP contribution in [0.5, 0.6) is 0 Å². The van der Waals surface area contributed by atoms with Crippen LogP contribution in [0, 0.1) is 0 Å². The fraction of sp³-hybridized carbons (Fsp3) is 0.490. The summed E-state index contributed by atoms with van der Waals surface area (Å²) in [6, 6.07) is 40.3. The van der Waals surface area contributed by atoms with Crippen LogP contribution < -0.4 is 0 Å². The van der Waals surface area contributed by atoms with E-state index in [0.717, 1.165) is 41.5 Å². The van der Waals surface area contributed by atoms with Crippen LogP contribution in [0.2, 0.25) is 0 Å². The Balaban J connectivity index is 1.47. The monoisotopic (exact) mass is 780 g/mol. The first-order valence-corrected chi connectivity index (χ1v) is 21.0. The second-order valence-corrected chi connectivity index (χ2v) is 15.1. The Hall–Kier alpha value is -3.89. The molecule has 0 unspecified atom stereocenters. The van der Waals surface area contributed by atoms with Gasteiger partial charge in [-0.1, -0.05) is 173 Å². The topological polar surface area (TPSA) is 81.7 Å². The molecule has 8 nitrogen and oxygen atoms in total. The average Bonchev–Trinajstić information content (AvgIpc) is 3.24. The molecule has 4 aromatic carbocycles. The standard InChI is InChI=1S/C49H64O8/c1-4-5-6-7-8-9-22-31-44(53-36-41-25-16-11-17-26-41)34-49(51-3)48(55-38-43-29-20-13-21-30-43)47(54-37-42-27-18-12-19-28-42)46(56-39(2)50)45(57-49)32-33-52-35-40-23-14-10-15-24-40/h10-21,23-30,44-48H,4-9,22,31-38H2,1-3H3/t44-,45-,46-,47+,48+,49-/m1/s1. The van der Waals surface area contributed by atoms with Crippen molar-refractivity contribution >= 4 is 5.97 Å². The number of ether oxygens (including phenoxy) is 7. The van der Waals surface area contributed by atoms with E-state index in [1.54, 1.807) is 7.11 Å². The summed E-state index contributed by atoms with van der Waals surface area (Å²) in [5.41, 5.74) is 4.15. The average molecular weight is 781 g/mol. The molecule has 0 saturated carbocycles. The molecule has 1 aliphatic heterocycles. The van der Waals surface area contributed by atoms with E-state index < -0.39 is 36.2 Å². The zero-order valence-electron chi connectivity index (χ0n) is 34.3. The smallest absolute Gasteiger partial charge is 0.303 e. The molecule has 57 heavy (non-hydrogen) atoms. The van der Waals surface area contributed by atoms with E-state index in [1.807, 2.05) is 109 Å². The molecule has 5 rings (SSSR count). The maximum atomic E-state index is 12.9. The molecule has 0 bridgehead atoms. The first-order chi connectivity index (χ1) is 28.0. The van der Waals surface area contributed by atoms with Crippen molar-refractivity contribution in [3.63, 3.8) is 0 Å². The van der Waals surface area contributed by atoms with Crippen molar-refractivity contribution < 1.29 is 38.0 Å². The van der Waals surface area contributed by atoms with Gasteiger partial charge >= 0.3 is 5.97 Å². The van der Waals surface area contributed by atoms with Crippen LogP contribution in [0.4, 0.5) is 0 Å². The van der Waals surface area contributed by atoms with Crippen LogP contribution in [0.25, 0.3) is 0 Å². The van der Waals surface area contributed by atoms with E-state index in [9.17, 15) is 4.79 Å². The van der Waals surface area contributed by atoms with Gasteiger partial charge in [0.25, 0.3) is 0 Å². The predicted molar refractivity (Wildman–Crippen MR) is 223 cm³/mol. The summed E-state index contributed by atoms with van der Waals surface area (Å²) in [7, 11) is 1.67. The van der Waals surface area contributed by atoms with Gasteiger partial charge < -0.3 is 33.2 Å². The number of benzene rings is 4. The van der Waals surface area contributed by atoms with Gasteiger partial charge in [-0.3, -0.25) is 4.79 Å². The van der Waals surface area contributed by atoms with Crippen molar-refractivity contribution in [2.24, 2.45) is 0 Å². The Morgan fingerprint density at radius 1 is 0.649 bits per heavy atom. The molecule has 0 N–H and O–H groups in total. The van der Waals surface area contributed by atoms with Gasteiger partial charge in [0.15, 0.2) is 11.9 Å². The summed E-state index contributed by atoms with van der Waals surface area (Å²) in [6.07, 6.45) is 6.81. The SMILES string of the molecule is CCCCCCCCC[C@H](C[C@@]1(OC)O[C@H](CCOCc2ccccc2)[C@@H](OC(C)=O)[C@H](OCc2ccccc2)[C@@H]1OCc1ccccc1)OCc1ccccc1. The molecule has 8 heteroatoms. The maximum Gasteiger partial charge on any atom is 0.303 e. The lowest BCUT2D eigenvalue weighted by atomic mass is 9.86. The maximum absolute atomic E-state index is 12.9. The van der Waals surface area contributed by atoms with Crippen LogP contribution in [-0.2, 0) is 64.4 Å². The van der Waals surface area contributed by atoms with Gasteiger partial charge in [0, 0.05) is 33.5 Å². The lowest BCUT2D eigenvalue weighted by Gasteiger charge is -2.52. The molecular formula is C49H64O8. The molecule has 1 saturated heterocycles. The molecule has 1 fully saturated rings. The second-order valence-electron chi connectivity index (χ2n) is 15.1. The van der Waals surface area contributed by atoms with Gasteiger partial charge in [-0.05, 0) is 28.7 Å². The van der Waals surface area contributed by atoms with Gasteiger partial charge in [0.05, 0.1) is 32.5 Å². The number of carbonyl (C=O) groups is 1. The minimum absolute atomic E-state index is 0.223. The van der Waals surface area contributed by atoms with Gasteiger partial charge in [0.1, 0.15) is 18.3 Å². The first-order valence-electron chi connectivity index (χ1n) is 21.0. The molecule has 6 atom stereocenters. The molecule has 0 aliphatic carbocycles. The molecule has 0 spiro atoms. The summed E-state index contributed by atoms with van der Waals surface area (Å²) >= 11 is 0.